The minimum atomic E-state index is -4.08. The number of alkyl halides is 3. The van der Waals surface area contributed by atoms with E-state index in [4.69, 9.17) is 0 Å². The minimum Gasteiger partial charge on any atom is -0.316 e. The van der Waals surface area contributed by atoms with Gasteiger partial charge < -0.3 is 5.32 Å². The van der Waals surface area contributed by atoms with Gasteiger partial charge in [-0.15, -0.1) is 0 Å². The molecule has 1 aromatic carbocycles. The Morgan fingerprint density at radius 2 is 2.00 bits per heavy atom. The molecule has 2 nitrogen and oxygen atoms in total. The van der Waals surface area contributed by atoms with Crippen molar-refractivity contribution in [2.45, 2.75) is 31.9 Å². The minimum absolute atomic E-state index is 0.342. The second-order valence-electron chi connectivity index (χ2n) is 6.31. The molecule has 0 amide bonds. The van der Waals surface area contributed by atoms with Gasteiger partial charge in [0.05, 0.1) is 6.54 Å². The van der Waals surface area contributed by atoms with Gasteiger partial charge in [0.2, 0.25) is 0 Å². The summed E-state index contributed by atoms with van der Waals surface area (Å²) in [6.07, 6.45) is -2.17. The Balaban J connectivity index is 1.60. The van der Waals surface area contributed by atoms with Crippen molar-refractivity contribution in [1.29, 1.82) is 0 Å². The van der Waals surface area contributed by atoms with Crippen molar-refractivity contribution < 1.29 is 13.2 Å². The number of hydrogen-bond donors (Lipinski definition) is 1. The maximum absolute atomic E-state index is 12.3. The highest BCUT2D eigenvalue weighted by Gasteiger charge is 2.34. The van der Waals surface area contributed by atoms with Crippen LogP contribution < -0.4 is 5.32 Å². The molecule has 2 rings (SSSR count). The predicted molar refractivity (Wildman–Crippen MR) is 82.9 cm³/mol. The van der Waals surface area contributed by atoms with E-state index in [1.807, 2.05) is 18.2 Å². The van der Waals surface area contributed by atoms with E-state index in [1.165, 1.54) is 10.5 Å². The average molecular weight is 314 g/mol. The van der Waals surface area contributed by atoms with Gasteiger partial charge in [0.15, 0.2) is 0 Å². The first kappa shape index (κ1) is 17.3. The van der Waals surface area contributed by atoms with Crippen LogP contribution in [0.2, 0.25) is 0 Å². The van der Waals surface area contributed by atoms with Crippen LogP contribution in [0.5, 0.6) is 0 Å². The van der Waals surface area contributed by atoms with E-state index in [2.05, 4.69) is 24.4 Å². The lowest BCUT2D eigenvalue weighted by atomic mass is 9.98. The first-order valence-corrected chi connectivity index (χ1v) is 7.99. The first-order valence-electron chi connectivity index (χ1n) is 7.99. The number of benzene rings is 1. The van der Waals surface area contributed by atoms with Gasteiger partial charge in [-0.25, -0.2) is 0 Å². The molecule has 2 atom stereocenters. The fourth-order valence-corrected chi connectivity index (χ4v) is 3.05. The third-order valence-corrected chi connectivity index (χ3v) is 4.33. The summed E-state index contributed by atoms with van der Waals surface area (Å²) in [7, 11) is 0. The molecule has 0 aliphatic carbocycles. The molecule has 5 heteroatoms. The molecule has 0 aromatic heterocycles. The third-order valence-electron chi connectivity index (χ3n) is 4.33. The largest absolute Gasteiger partial charge is 0.401 e. The zero-order valence-electron chi connectivity index (χ0n) is 13.1. The standard InChI is InChI=1S/C17H25F3N2/c1-14(16-5-3-2-4-6-16)7-9-21-11-15-8-10-22(12-15)13-17(18,19)20/h2-6,14-15,21H,7-13H2,1H3. The first-order chi connectivity index (χ1) is 10.4. The van der Waals surface area contributed by atoms with Gasteiger partial charge in [-0.3, -0.25) is 4.90 Å². The van der Waals surface area contributed by atoms with E-state index in [9.17, 15) is 13.2 Å². The second-order valence-corrected chi connectivity index (χ2v) is 6.31. The highest BCUT2D eigenvalue weighted by Crippen LogP contribution is 2.22. The molecule has 1 aliphatic heterocycles. The van der Waals surface area contributed by atoms with Crippen LogP contribution in [0.3, 0.4) is 0 Å². The molecule has 0 spiro atoms. The van der Waals surface area contributed by atoms with Crippen LogP contribution in [0.25, 0.3) is 0 Å². The van der Waals surface area contributed by atoms with Crippen LogP contribution in [0, 0.1) is 5.92 Å². The highest BCUT2D eigenvalue weighted by atomic mass is 19.4. The maximum Gasteiger partial charge on any atom is 0.401 e. The predicted octanol–water partition coefficient (Wildman–Crippen LogP) is 3.65. The Kier molecular flexibility index (Phi) is 6.26. The van der Waals surface area contributed by atoms with Gasteiger partial charge >= 0.3 is 6.18 Å². The van der Waals surface area contributed by atoms with Crippen LogP contribution in [-0.4, -0.2) is 43.8 Å². The van der Waals surface area contributed by atoms with E-state index in [0.717, 1.165) is 25.9 Å². The molecule has 2 unspecified atom stereocenters. The lowest BCUT2D eigenvalue weighted by Crippen LogP contribution is -2.33. The van der Waals surface area contributed by atoms with E-state index in [-0.39, 0.29) is 0 Å². The molecule has 1 saturated heterocycles. The Hall–Kier alpha value is -1.07. The molecule has 1 N–H and O–H groups in total. The fourth-order valence-electron chi connectivity index (χ4n) is 3.05. The molecule has 1 heterocycles. The van der Waals surface area contributed by atoms with Gasteiger partial charge in [-0.1, -0.05) is 37.3 Å². The van der Waals surface area contributed by atoms with E-state index in [1.54, 1.807) is 0 Å². The van der Waals surface area contributed by atoms with Crippen molar-refractivity contribution in [2.75, 3.05) is 32.7 Å². The van der Waals surface area contributed by atoms with Gasteiger partial charge in [0.1, 0.15) is 0 Å². The van der Waals surface area contributed by atoms with E-state index < -0.39 is 12.7 Å². The Morgan fingerprint density at radius 1 is 1.27 bits per heavy atom. The highest BCUT2D eigenvalue weighted by molar-refractivity contribution is 5.18. The summed E-state index contributed by atoms with van der Waals surface area (Å²) >= 11 is 0. The summed E-state index contributed by atoms with van der Waals surface area (Å²) in [4.78, 5) is 1.51. The Morgan fingerprint density at radius 3 is 2.68 bits per heavy atom. The molecule has 1 aliphatic rings. The molecule has 0 saturated carbocycles. The topological polar surface area (TPSA) is 15.3 Å². The van der Waals surface area contributed by atoms with Gasteiger partial charge in [-0.05, 0) is 49.9 Å². The zero-order valence-corrected chi connectivity index (χ0v) is 13.1. The van der Waals surface area contributed by atoms with E-state index >= 15 is 0 Å². The van der Waals surface area contributed by atoms with Crippen molar-refractivity contribution in [3.8, 4) is 0 Å². The monoisotopic (exact) mass is 314 g/mol. The van der Waals surface area contributed by atoms with Crippen molar-refractivity contribution in [1.82, 2.24) is 10.2 Å². The smallest absolute Gasteiger partial charge is 0.316 e. The Bertz CT molecular complexity index is 433. The maximum atomic E-state index is 12.3. The molecular weight excluding hydrogens is 289 g/mol. The number of halogens is 3. The average Bonchev–Trinajstić information content (AvgIpc) is 2.89. The van der Waals surface area contributed by atoms with Gasteiger partial charge in [-0.2, -0.15) is 13.2 Å². The summed E-state index contributed by atoms with van der Waals surface area (Å²) in [6, 6.07) is 10.4. The molecule has 1 fully saturated rings. The number of nitrogens with one attached hydrogen (secondary N) is 1. The van der Waals surface area contributed by atoms with Crippen molar-refractivity contribution in [3.63, 3.8) is 0 Å². The molecule has 22 heavy (non-hydrogen) atoms. The van der Waals surface area contributed by atoms with Gasteiger partial charge in [0, 0.05) is 6.54 Å². The zero-order chi connectivity index (χ0) is 16.0. The molecule has 1 aromatic rings. The summed E-state index contributed by atoms with van der Waals surface area (Å²) in [5.41, 5.74) is 1.33. The number of likely N-dealkylation sites (tertiary alicyclic amines) is 1. The van der Waals surface area contributed by atoms with Crippen LogP contribution in [-0.2, 0) is 0 Å². The quantitative estimate of drug-likeness (QED) is 0.773. The second kappa shape index (κ2) is 7.97. The summed E-state index contributed by atoms with van der Waals surface area (Å²) < 4.78 is 37.0. The summed E-state index contributed by atoms with van der Waals surface area (Å²) in [6.45, 7) is 4.28. The Labute approximate surface area is 130 Å². The third kappa shape index (κ3) is 5.97. The SMILES string of the molecule is CC(CCNCC1CCN(CC(F)(F)F)C1)c1ccccc1. The normalized spacial score (nSPS) is 21.2. The number of rotatable bonds is 7. The molecular formula is C17H25F3N2. The molecule has 0 bridgehead atoms. The number of hydrogen-bond acceptors (Lipinski definition) is 2. The number of nitrogens with zero attached hydrogens (tertiary/aromatic N) is 1. The van der Waals surface area contributed by atoms with Gasteiger partial charge in [0.25, 0.3) is 0 Å². The summed E-state index contributed by atoms with van der Waals surface area (Å²) in [5, 5.41) is 3.40. The van der Waals surface area contributed by atoms with Crippen LogP contribution >= 0.6 is 0 Å². The van der Waals surface area contributed by atoms with Crippen molar-refractivity contribution in [2.24, 2.45) is 5.92 Å². The van der Waals surface area contributed by atoms with Crippen molar-refractivity contribution >= 4 is 0 Å². The lowest BCUT2D eigenvalue weighted by Gasteiger charge is -2.18. The summed E-state index contributed by atoms with van der Waals surface area (Å²) in [5.74, 6) is 0.841. The van der Waals surface area contributed by atoms with Crippen LogP contribution in [0.1, 0.15) is 31.2 Å². The fraction of sp³-hybridized carbons (Fsp3) is 0.647. The van der Waals surface area contributed by atoms with Crippen molar-refractivity contribution in [3.05, 3.63) is 35.9 Å². The van der Waals surface area contributed by atoms with Crippen LogP contribution in [0.15, 0.2) is 30.3 Å². The lowest BCUT2D eigenvalue weighted by molar-refractivity contribution is -0.143. The molecule has 124 valence electrons. The molecule has 0 radical (unpaired) electrons. The van der Waals surface area contributed by atoms with Crippen LogP contribution in [0.4, 0.5) is 13.2 Å². The van der Waals surface area contributed by atoms with E-state index in [0.29, 0.717) is 24.9 Å².